The van der Waals surface area contributed by atoms with E-state index in [9.17, 15) is 4.79 Å². The molecule has 2 rings (SSSR count). The summed E-state index contributed by atoms with van der Waals surface area (Å²) in [5, 5.41) is 0. The predicted octanol–water partition coefficient (Wildman–Crippen LogP) is 0.881. The Kier molecular flexibility index (Phi) is 4.62. The molecule has 0 aromatic heterocycles. The quantitative estimate of drug-likeness (QED) is 0.747. The van der Waals surface area contributed by atoms with Gasteiger partial charge in [-0.3, -0.25) is 9.69 Å². The Morgan fingerprint density at radius 2 is 1.83 bits per heavy atom. The van der Waals surface area contributed by atoms with Gasteiger partial charge >= 0.3 is 0 Å². The first-order valence-corrected chi connectivity index (χ1v) is 7.28. The molecule has 4 heteroatoms. The van der Waals surface area contributed by atoms with Crippen molar-refractivity contribution in [2.45, 2.75) is 33.2 Å². The number of carbonyl (C=O) groups is 1. The third kappa shape index (κ3) is 3.45. The minimum Gasteiger partial charge on any atom is -0.340 e. The zero-order valence-electron chi connectivity index (χ0n) is 12.1. The second kappa shape index (κ2) is 6.02. The summed E-state index contributed by atoms with van der Waals surface area (Å²) < 4.78 is 0. The highest BCUT2D eigenvalue weighted by molar-refractivity contribution is 5.73. The van der Waals surface area contributed by atoms with Gasteiger partial charge in [0.25, 0.3) is 0 Å². The van der Waals surface area contributed by atoms with E-state index in [-0.39, 0.29) is 5.91 Å². The monoisotopic (exact) mass is 253 g/mol. The van der Waals surface area contributed by atoms with Crippen molar-refractivity contribution in [1.82, 2.24) is 14.7 Å². The fourth-order valence-electron chi connectivity index (χ4n) is 3.09. The third-order valence-electron chi connectivity index (χ3n) is 4.38. The average molecular weight is 253 g/mol. The van der Waals surface area contributed by atoms with Crippen LogP contribution in [0.1, 0.15) is 27.2 Å². The van der Waals surface area contributed by atoms with Gasteiger partial charge in [0.05, 0.1) is 0 Å². The van der Waals surface area contributed by atoms with E-state index in [0.717, 1.165) is 32.1 Å². The normalized spacial score (nSPS) is 27.1. The van der Waals surface area contributed by atoms with Crippen LogP contribution in [-0.4, -0.2) is 72.5 Å². The van der Waals surface area contributed by atoms with Crippen molar-refractivity contribution < 1.29 is 4.79 Å². The van der Waals surface area contributed by atoms with Crippen molar-refractivity contribution in [3.05, 3.63) is 0 Å². The molecule has 2 fully saturated rings. The molecule has 1 amide bonds. The van der Waals surface area contributed by atoms with E-state index in [1.807, 2.05) is 4.90 Å². The van der Waals surface area contributed by atoms with E-state index in [1.165, 1.54) is 26.1 Å². The van der Waals surface area contributed by atoms with E-state index in [2.05, 4.69) is 23.6 Å². The Morgan fingerprint density at radius 3 is 2.33 bits per heavy atom. The summed E-state index contributed by atoms with van der Waals surface area (Å²) in [4.78, 5) is 18.3. The van der Waals surface area contributed by atoms with Gasteiger partial charge in [-0.1, -0.05) is 0 Å². The fourth-order valence-corrected chi connectivity index (χ4v) is 3.09. The van der Waals surface area contributed by atoms with Crippen LogP contribution in [0.2, 0.25) is 0 Å². The van der Waals surface area contributed by atoms with Crippen LogP contribution in [0.15, 0.2) is 0 Å². The first-order chi connectivity index (χ1) is 8.56. The maximum absolute atomic E-state index is 11.3. The molecule has 104 valence electrons. The smallest absolute Gasteiger partial charge is 0.219 e. The van der Waals surface area contributed by atoms with Crippen molar-refractivity contribution in [2.24, 2.45) is 5.92 Å². The van der Waals surface area contributed by atoms with Crippen LogP contribution in [0.3, 0.4) is 0 Å². The molecule has 0 radical (unpaired) electrons. The van der Waals surface area contributed by atoms with Crippen molar-refractivity contribution in [3.8, 4) is 0 Å². The second-order valence-electron chi connectivity index (χ2n) is 6.05. The molecule has 1 atom stereocenters. The van der Waals surface area contributed by atoms with Crippen molar-refractivity contribution in [3.63, 3.8) is 0 Å². The molecule has 0 aromatic rings. The number of carbonyl (C=O) groups excluding carboxylic acids is 1. The van der Waals surface area contributed by atoms with Gasteiger partial charge in [-0.2, -0.15) is 0 Å². The molecule has 2 aliphatic rings. The lowest BCUT2D eigenvalue weighted by molar-refractivity contribution is -0.130. The summed E-state index contributed by atoms with van der Waals surface area (Å²) >= 11 is 0. The highest BCUT2D eigenvalue weighted by Gasteiger charge is 2.27. The number of hydrogen-bond donors (Lipinski definition) is 0. The number of nitrogens with zero attached hydrogens (tertiary/aromatic N) is 3. The first kappa shape index (κ1) is 13.8. The fraction of sp³-hybridized carbons (Fsp3) is 0.929. The molecule has 2 saturated heterocycles. The molecule has 0 aromatic carbocycles. The number of likely N-dealkylation sites (tertiary alicyclic amines) is 1. The molecule has 0 saturated carbocycles. The average Bonchev–Trinajstić information content (AvgIpc) is 2.78. The van der Waals surface area contributed by atoms with E-state index in [4.69, 9.17) is 0 Å². The van der Waals surface area contributed by atoms with E-state index < -0.39 is 0 Å². The number of rotatable bonds is 3. The zero-order valence-corrected chi connectivity index (χ0v) is 12.1. The lowest BCUT2D eigenvalue weighted by atomic mass is 10.1. The molecule has 0 N–H and O–H groups in total. The van der Waals surface area contributed by atoms with Gasteiger partial charge in [0, 0.05) is 52.2 Å². The lowest BCUT2D eigenvalue weighted by Crippen LogP contribution is -2.49. The zero-order chi connectivity index (χ0) is 13.1. The highest BCUT2D eigenvalue weighted by Crippen LogP contribution is 2.20. The minimum atomic E-state index is 0.224. The Bertz CT molecular complexity index is 285. The van der Waals surface area contributed by atoms with Crippen LogP contribution >= 0.6 is 0 Å². The summed E-state index contributed by atoms with van der Waals surface area (Å²) in [6.07, 6.45) is 1.34. The van der Waals surface area contributed by atoms with E-state index in [0.29, 0.717) is 6.04 Å². The maximum atomic E-state index is 11.3. The Balaban J connectivity index is 1.71. The van der Waals surface area contributed by atoms with Crippen LogP contribution in [0.25, 0.3) is 0 Å². The molecule has 0 aliphatic carbocycles. The standard InChI is InChI=1S/C14H27N3O/c1-12(2)17-5-4-14(11-17)10-15-6-8-16(9-7-15)13(3)18/h12,14H,4-11H2,1-3H3/t14-/m0/s1. The number of piperazine rings is 1. The van der Waals surface area contributed by atoms with Crippen molar-refractivity contribution in [1.29, 1.82) is 0 Å². The largest absolute Gasteiger partial charge is 0.340 e. The van der Waals surface area contributed by atoms with Crippen molar-refractivity contribution in [2.75, 3.05) is 45.8 Å². The van der Waals surface area contributed by atoms with Gasteiger partial charge in [-0.25, -0.2) is 0 Å². The second-order valence-corrected chi connectivity index (χ2v) is 6.05. The number of hydrogen-bond acceptors (Lipinski definition) is 3. The summed E-state index contributed by atoms with van der Waals surface area (Å²) in [5.74, 6) is 1.05. The van der Waals surface area contributed by atoms with Gasteiger partial charge in [-0.15, -0.1) is 0 Å². The van der Waals surface area contributed by atoms with E-state index >= 15 is 0 Å². The van der Waals surface area contributed by atoms with Gasteiger partial charge in [0.2, 0.25) is 5.91 Å². The highest BCUT2D eigenvalue weighted by atomic mass is 16.2. The van der Waals surface area contributed by atoms with Gasteiger partial charge in [-0.05, 0) is 32.7 Å². The molecule has 0 unspecified atom stereocenters. The molecule has 18 heavy (non-hydrogen) atoms. The summed E-state index contributed by atoms with van der Waals surface area (Å²) in [6, 6.07) is 0.685. The van der Waals surface area contributed by atoms with Crippen LogP contribution < -0.4 is 0 Å². The summed E-state index contributed by atoms with van der Waals surface area (Å²) in [5.41, 5.74) is 0. The molecule has 0 bridgehead atoms. The molecule has 2 heterocycles. The Labute approximate surface area is 111 Å². The first-order valence-electron chi connectivity index (χ1n) is 7.28. The SMILES string of the molecule is CC(=O)N1CCN(C[C@@H]2CCN(C(C)C)C2)CC1. The third-order valence-corrected chi connectivity index (χ3v) is 4.38. The van der Waals surface area contributed by atoms with Crippen LogP contribution in [0, 0.1) is 5.92 Å². The van der Waals surface area contributed by atoms with Gasteiger partial charge in [0.15, 0.2) is 0 Å². The molecular formula is C14H27N3O. The van der Waals surface area contributed by atoms with Crippen LogP contribution in [0.5, 0.6) is 0 Å². The van der Waals surface area contributed by atoms with Gasteiger partial charge in [0.1, 0.15) is 0 Å². The topological polar surface area (TPSA) is 26.8 Å². The molecular weight excluding hydrogens is 226 g/mol. The summed E-state index contributed by atoms with van der Waals surface area (Å²) in [6.45, 7) is 13.9. The predicted molar refractivity (Wildman–Crippen MR) is 73.5 cm³/mol. The number of amides is 1. The minimum absolute atomic E-state index is 0.224. The Hall–Kier alpha value is -0.610. The van der Waals surface area contributed by atoms with E-state index in [1.54, 1.807) is 6.92 Å². The summed E-state index contributed by atoms with van der Waals surface area (Å²) in [7, 11) is 0. The molecule has 0 spiro atoms. The molecule has 4 nitrogen and oxygen atoms in total. The maximum Gasteiger partial charge on any atom is 0.219 e. The van der Waals surface area contributed by atoms with Crippen LogP contribution in [0.4, 0.5) is 0 Å². The Morgan fingerprint density at radius 1 is 1.17 bits per heavy atom. The van der Waals surface area contributed by atoms with Crippen LogP contribution in [-0.2, 0) is 4.79 Å². The van der Waals surface area contributed by atoms with Crippen molar-refractivity contribution >= 4 is 5.91 Å². The van der Waals surface area contributed by atoms with Gasteiger partial charge < -0.3 is 9.80 Å². The molecule has 2 aliphatic heterocycles. The lowest BCUT2D eigenvalue weighted by Gasteiger charge is -2.35.